The van der Waals surface area contributed by atoms with E-state index in [1.54, 1.807) is 6.92 Å². The van der Waals surface area contributed by atoms with Crippen LogP contribution in [0.4, 0.5) is 5.88 Å². The number of carbonyl (C=O) groups excluding carboxylic acids is 3. The summed E-state index contributed by atoms with van der Waals surface area (Å²) in [6, 6.07) is 0. The SMILES string of the molecule is C=C(C)C(=O)Nc1oc(C)c(C(C)=O)c1C(=O)OCC. The van der Waals surface area contributed by atoms with Gasteiger partial charge in [0.15, 0.2) is 5.78 Å². The van der Waals surface area contributed by atoms with Crippen LogP contribution in [0, 0.1) is 6.92 Å². The number of hydrogen-bond donors (Lipinski definition) is 1. The molecule has 1 aromatic rings. The summed E-state index contributed by atoms with van der Waals surface area (Å²) in [5.41, 5.74) is 0.296. The predicted molar refractivity (Wildman–Crippen MR) is 72.8 cm³/mol. The lowest BCUT2D eigenvalue weighted by Crippen LogP contribution is -2.16. The van der Waals surface area contributed by atoms with Crippen LogP contribution in [0.1, 0.15) is 47.2 Å². The largest absolute Gasteiger partial charge is 0.462 e. The fraction of sp³-hybridized carbons (Fsp3) is 0.357. The summed E-state index contributed by atoms with van der Waals surface area (Å²) in [7, 11) is 0. The van der Waals surface area contributed by atoms with Gasteiger partial charge in [0, 0.05) is 5.57 Å². The van der Waals surface area contributed by atoms with E-state index >= 15 is 0 Å². The first-order valence-corrected chi connectivity index (χ1v) is 6.07. The number of esters is 1. The Labute approximate surface area is 116 Å². The highest BCUT2D eigenvalue weighted by molar-refractivity contribution is 6.12. The third-order valence-corrected chi connectivity index (χ3v) is 2.53. The molecule has 1 N–H and O–H groups in total. The lowest BCUT2D eigenvalue weighted by molar-refractivity contribution is -0.112. The van der Waals surface area contributed by atoms with E-state index in [1.165, 1.54) is 20.8 Å². The number of aryl methyl sites for hydroxylation is 1. The average Bonchev–Trinajstić information content (AvgIpc) is 2.65. The van der Waals surface area contributed by atoms with Crippen molar-refractivity contribution < 1.29 is 23.5 Å². The van der Waals surface area contributed by atoms with Gasteiger partial charge in [-0.05, 0) is 27.7 Å². The molecule has 6 heteroatoms. The number of ketones is 1. The smallest absolute Gasteiger partial charge is 0.344 e. The number of hydrogen-bond acceptors (Lipinski definition) is 5. The van der Waals surface area contributed by atoms with Crippen molar-refractivity contribution in [2.75, 3.05) is 11.9 Å². The van der Waals surface area contributed by atoms with Crippen molar-refractivity contribution in [3.63, 3.8) is 0 Å². The van der Waals surface area contributed by atoms with Crippen LogP contribution in [0.15, 0.2) is 16.6 Å². The Hall–Kier alpha value is -2.37. The molecule has 0 atom stereocenters. The normalized spacial score (nSPS) is 10.0. The molecule has 0 aromatic carbocycles. The Balaban J connectivity index is 3.33. The van der Waals surface area contributed by atoms with Gasteiger partial charge in [-0.3, -0.25) is 14.9 Å². The van der Waals surface area contributed by atoms with E-state index in [0.717, 1.165) is 0 Å². The second-order valence-electron chi connectivity index (χ2n) is 4.25. The number of carbonyl (C=O) groups is 3. The molecule has 0 aliphatic carbocycles. The number of rotatable bonds is 5. The average molecular weight is 279 g/mol. The quantitative estimate of drug-likeness (QED) is 0.508. The number of furan rings is 1. The van der Waals surface area contributed by atoms with E-state index in [2.05, 4.69) is 11.9 Å². The van der Waals surface area contributed by atoms with Gasteiger partial charge in [0.1, 0.15) is 11.3 Å². The monoisotopic (exact) mass is 279 g/mol. The van der Waals surface area contributed by atoms with Gasteiger partial charge in [0.2, 0.25) is 5.88 Å². The summed E-state index contributed by atoms with van der Waals surface area (Å²) in [4.78, 5) is 35.2. The van der Waals surface area contributed by atoms with Crippen LogP contribution < -0.4 is 5.32 Å². The number of nitrogens with one attached hydrogen (secondary N) is 1. The maximum absolute atomic E-state index is 11.9. The van der Waals surface area contributed by atoms with Crippen LogP contribution in [0.3, 0.4) is 0 Å². The molecule has 108 valence electrons. The van der Waals surface area contributed by atoms with Crippen LogP contribution >= 0.6 is 0 Å². The molecule has 0 saturated carbocycles. The van der Waals surface area contributed by atoms with Gasteiger partial charge in [-0.2, -0.15) is 0 Å². The van der Waals surface area contributed by atoms with Crippen molar-refractivity contribution in [1.29, 1.82) is 0 Å². The maximum Gasteiger partial charge on any atom is 0.344 e. The predicted octanol–water partition coefficient (Wildman–Crippen LogP) is 2.48. The summed E-state index contributed by atoms with van der Waals surface area (Å²) >= 11 is 0. The molecule has 0 saturated heterocycles. The Morgan fingerprint density at radius 3 is 2.30 bits per heavy atom. The summed E-state index contributed by atoms with van der Waals surface area (Å²) in [6.07, 6.45) is 0. The molecule has 1 amide bonds. The molecular weight excluding hydrogens is 262 g/mol. The van der Waals surface area contributed by atoms with E-state index in [9.17, 15) is 14.4 Å². The highest BCUT2D eigenvalue weighted by Gasteiger charge is 2.28. The van der Waals surface area contributed by atoms with Crippen molar-refractivity contribution in [3.05, 3.63) is 29.0 Å². The maximum atomic E-state index is 11.9. The first-order valence-electron chi connectivity index (χ1n) is 6.07. The summed E-state index contributed by atoms with van der Waals surface area (Å²) in [5, 5.41) is 2.41. The van der Waals surface area contributed by atoms with Crippen LogP contribution in [0.2, 0.25) is 0 Å². The topological polar surface area (TPSA) is 85.6 Å². The fourth-order valence-corrected chi connectivity index (χ4v) is 1.66. The van der Waals surface area contributed by atoms with Crippen molar-refractivity contribution in [3.8, 4) is 0 Å². The minimum atomic E-state index is -0.716. The highest BCUT2D eigenvalue weighted by atomic mass is 16.5. The molecule has 0 spiro atoms. The Morgan fingerprint density at radius 2 is 1.85 bits per heavy atom. The first-order chi connectivity index (χ1) is 9.29. The summed E-state index contributed by atoms with van der Waals surface area (Å²) < 4.78 is 10.2. The molecule has 1 heterocycles. The minimum Gasteiger partial charge on any atom is -0.462 e. The minimum absolute atomic E-state index is 0.0635. The molecule has 6 nitrogen and oxygen atoms in total. The lowest BCUT2D eigenvalue weighted by atomic mass is 10.1. The van der Waals surface area contributed by atoms with Crippen LogP contribution in [0.25, 0.3) is 0 Å². The molecule has 0 unspecified atom stereocenters. The molecule has 0 radical (unpaired) electrons. The van der Waals surface area contributed by atoms with E-state index in [-0.39, 0.29) is 40.7 Å². The van der Waals surface area contributed by atoms with Crippen molar-refractivity contribution >= 4 is 23.5 Å². The van der Waals surface area contributed by atoms with Gasteiger partial charge in [0.25, 0.3) is 5.91 Å². The summed E-state index contributed by atoms with van der Waals surface area (Å²) in [6.45, 7) is 9.64. The van der Waals surface area contributed by atoms with Gasteiger partial charge in [-0.15, -0.1) is 0 Å². The molecule has 0 aliphatic heterocycles. The third-order valence-electron chi connectivity index (χ3n) is 2.53. The molecule has 0 bridgehead atoms. The molecular formula is C14H17NO5. The van der Waals surface area contributed by atoms with Crippen LogP contribution in [-0.2, 0) is 9.53 Å². The van der Waals surface area contributed by atoms with Gasteiger partial charge in [-0.1, -0.05) is 6.58 Å². The number of Topliss-reactive ketones (excluding diaryl/α,β-unsaturated/α-hetero) is 1. The standard InChI is InChI=1S/C14H17NO5/c1-6-19-14(18)11-10(8(4)16)9(5)20-13(11)15-12(17)7(2)3/h2,6H2,1,3-5H3,(H,15,17). The van der Waals surface area contributed by atoms with E-state index in [1.807, 2.05) is 0 Å². The molecule has 1 rings (SSSR count). The molecule has 0 aliphatic rings. The van der Waals surface area contributed by atoms with E-state index in [4.69, 9.17) is 9.15 Å². The number of ether oxygens (including phenoxy) is 1. The van der Waals surface area contributed by atoms with E-state index < -0.39 is 11.9 Å². The van der Waals surface area contributed by atoms with E-state index in [0.29, 0.717) is 0 Å². The molecule has 1 aromatic heterocycles. The van der Waals surface area contributed by atoms with Crippen LogP contribution in [0.5, 0.6) is 0 Å². The Bertz CT molecular complexity index is 583. The first kappa shape index (κ1) is 15.7. The number of amides is 1. The second-order valence-corrected chi connectivity index (χ2v) is 4.25. The third kappa shape index (κ3) is 3.14. The zero-order valence-corrected chi connectivity index (χ0v) is 12.0. The summed E-state index contributed by atoms with van der Waals surface area (Å²) in [5.74, 6) is -1.41. The van der Waals surface area contributed by atoms with Gasteiger partial charge < -0.3 is 9.15 Å². The van der Waals surface area contributed by atoms with Gasteiger partial charge in [0.05, 0.1) is 12.2 Å². The lowest BCUT2D eigenvalue weighted by Gasteiger charge is -2.05. The fourth-order valence-electron chi connectivity index (χ4n) is 1.66. The zero-order chi connectivity index (χ0) is 15.4. The van der Waals surface area contributed by atoms with Crippen molar-refractivity contribution in [2.45, 2.75) is 27.7 Å². The number of anilines is 1. The van der Waals surface area contributed by atoms with Crippen molar-refractivity contribution in [2.24, 2.45) is 0 Å². The Morgan fingerprint density at radius 1 is 1.25 bits per heavy atom. The molecule has 0 fully saturated rings. The second kappa shape index (κ2) is 6.18. The highest BCUT2D eigenvalue weighted by Crippen LogP contribution is 2.28. The zero-order valence-electron chi connectivity index (χ0n) is 12.0. The van der Waals surface area contributed by atoms with Gasteiger partial charge in [-0.25, -0.2) is 4.79 Å². The van der Waals surface area contributed by atoms with Crippen LogP contribution in [-0.4, -0.2) is 24.3 Å². The van der Waals surface area contributed by atoms with Gasteiger partial charge >= 0.3 is 5.97 Å². The Kier molecular flexibility index (Phi) is 4.85. The molecule has 20 heavy (non-hydrogen) atoms. The van der Waals surface area contributed by atoms with Crippen molar-refractivity contribution in [1.82, 2.24) is 0 Å².